The Labute approximate surface area is 98.5 Å². The Morgan fingerprint density at radius 1 is 1.57 bits per heavy atom. The van der Waals surface area contributed by atoms with Crippen molar-refractivity contribution in [2.75, 3.05) is 18.4 Å². The molecule has 0 saturated carbocycles. The molecule has 1 heterocycles. The monoisotopic (exact) mass is 276 g/mol. The van der Waals surface area contributed by atoms with Gasteiger partial charge in [-0.3, -0.25) is 4.90 Å². The minimum absolute atomic E-state index is 1.00. The summed E-state index contributed by atoms with van der Waals surface area (Å²) in [6, 6.07) is 0. The molecule has 0 spiro atoms. The van der Waals surface area contributed by atoms with E-state index < -0.39 is 0 Å². The van der Waals surface area contributed by atoms with Gasteiger partial charge < -0.3 is 0 Å². The van der Waals surface area contributed by atoms with Crippen LogP contribution < -0.4 is 0 Å². The average molecular weight is 277 g/mol. The van der Waals surface area contributed by atoms with E-state index in [0.29, 0.717) is 0 Å². The van der Waals surface area contributed by atoms with Crippen molar-refractivity contribution in [3.63, 3.8) is 0 Å². The predicted octanol–water partition coefficient (Wildman–Crippen LogP) is 3.06. The molecule has 0 aliphatic carbocycles. The Hall–Kier alpha value is 0.0700. The minimum Gasteiger partial charge on any atom is -0.297 e. The van der Waals surface area contributed by atoms with E-state index in [2.05, 4.69) is 45.0 Å². The highest BCUT2D eigenvalue weighted by molar-refractivity contribution is 9.09. The van der Waals surface area contributed by atoms with Crippen LogP contribution in [0.3, 0.4) is 0 Å². The van der Waals surface area contributed by atoms with Gasteiger partial charge in [-0.15, -0.1) is 11.3 Å². The van der Waals surface area contributed by atoms with E-state index in [0.717, 1.165) is 30.7 Å². The first-order valence-corrected chi connectivity index (χ1v) is 6.95. The normalized spacial score (nSPS) is 11.1. The number of rotatable bonds is 6. The molecule has 1 aromatic heterocycles. The van der Waals surface area contributed by atoms with Crippen LogP contribution in [0.25, 0.3) is 0 Å². The summed E-state index contributed by atoms with van der Waals surface area (Å²) >= 11 is 5.22. The van der Waals surface area contributed by atoms with Crippen LogP contribution in [0, 0.1) is 6.92 Å². The van der Waals surface area contributed by atoms with Crippen molar-refractivity contribution in [3.8, 4) is 0 Å². The molecule has 0 atom stereocenters. The maximum Gasteiger partial charge on any atom is 0.107 e. The van der Waals surface area contributed by atoms with Gasteiger partial charge in [-0.25, -0.2) is 4.98 Å². The lowest BCUT2D eigenvalue weighted by Gasteiger charge is -2.17. The number of hydrogen-bond donors (Lipinski definition) is 0. The van der Waals surface area contributed by atoms with Gasteiger partial charge in [-0.1, -0.05) is 22.9 Å². The first kappa shape index (κ1) is 12.1. The average Bonchev–Trinajstić information content (AvgIpc) is 2.58. The van der Waals surface area contributed by atoms with Crippen molar-refractivity contribution < 1.29 is 0 Å². The predicted molar refractivity (Wildman–Crippen MR) is 66.2 cm³/mol. The first-order valence-electron chi connectivity index (χ1n) is 4.95. The highest BCUT2D eigenvalue weighted by Gasteiger charge is 2.05. The molecule has 2 nitrogen and oxygen atoms in total. The molecule has 1 aromatic rings. The highest BCUT2D eigenvalue weighted by atomic mass is 79.9. The number of aromatic nitrogens is 1. The Morgan fingerprint density at radius 2 is 2.36 bits per heavy atom. The zero-order valence-electron chi connectivity index (χ0n) is 8.79. The lowest BCUT2D eigenvalue weighted by atomic mass is 10.4. The third-order valence-corrected chi connectivity index (χ3v) is 3.59. The van der Waals surface area contributed by atoms with Crippen molar-refractivity contribution in [1.29, 1.82) is 0 Å². The van der Waals surface area contributed by atoms with E-state index in [-0.39, 0.29) is 0 Å². The molecule has 0 amide bonds. The van der Waals surface area contributed by atoms with Gasteiger partial charge in [-0.05, 0) is 26.4 Å². The molecule has 0 bridgehead atoms. The van der Waals surface area contributed by atoms with Gasteiger partial charge in [0, 0.05) is 16.4 Å². The van der Waals surface area contributed by atoms with Crippen LogP contribution in [0.2, 0.25) is 0 Å². The quantitative estimate of drug-likeness (QED) is 0.743. The fourth-order valence-corrected chi connectivity index (χ4v) is 2.36. The third kappa shape index (κ3) is 4.07. The summed E-state index contributed by atoms with van der Waals surface area (Å²) in [4.78, 5) is 6.90. The molecule has 0 unspecified atom stereocenters. The molecule has 0 aliphatic heterocycles. The summed E-state index contributed by atoms with van der Waals surface area (Å²) in [5.74, 6) is 0. The number of aryl methyl sites for hydroxylation is 1. The molecule has 0 aromatic carbocycles. The summed E-state index contributed by atoms with van der Waals surface area (Å²) in [6.45, 7) is 7.51. The maximum atomic E-state index is 4.47. The van der Waals surface area contributed by atoms with Crippen LogP contribution in [0.15, 0.2) is 5.38 Å². The summed E-state index contributed by atoms with van der Waals surface area (Å²) in [5.41, 5.74) is 1.14. The molecule has 0 aliphatic rings. The van der Waals surface area contributed by atoms with Crippen LogP contribution in [0.1, 0.15) is 24.0 Å². The molecule has 0 N–H and O–H groups in total. The molecule has 0 radical (unpaired) electrons. The standard InChI is InChI=1S/C10H17BrN2S/c1-3-13(6-4-5-11)7-10-12-9(2)8-14-10/h8H,3-7H2,1-2H3. The van der Waals surface area contributed by atoms with E-state index >= 15 is 0 Å². The van der Waals surface area contributed by atoms with Gasteiger partial charge in [-0.2, -0.15) is 0 Å². The third-order valence-electron chi connectivity index (χ3n) is 2.08. The maximum absolute atomic E-state index is 4.47. The number of nitrogens with zero attached hydrogens (tertiary/aromatic N) is 2. The van der Waals surface area contributed by atoms with Gasteiger partial charge in [0.1, 0.15) is 5.01 Å². The second kappa shape index (κ2) is 6.53. The molecular formula is C10H17BrN2S. The lowest BCUT2D eigenvalue weighted by Crippen LogP contribution is -2.24. The second-order valence-corrected chi connectivity index (χ2v) is 5.03. The van der Waals surface area contributed by atoms with Gasteiger partial charge in [0.15, 0.2) is 0 Å². The zero-order valence-corrected chi connectivity index (χ0v) is 11.2. The van der Waals surface area contributed by atoms with Crippen LogP contribution in [0.5, 0.6) is 0 Å². The number of hydrogen-bond acceptors (Lipinski definition) is 3. The molecule has 14 heavy (non-hydrogen) atoms. The van der Waals surface area contributed by atoms with Gasteiger partial charge in [0.25, 0.3) is 0 Å². The summed E-state index contributed by atoms with van der Waals surface area (Å²) < 4.78 is 0. The van der Waals surface area contributed by atoms with Crippen LogP contribution >= 0.6 is 27.3 Å². The Kier molecular flexibility index (Phi) is 5.67. The summed E-state index contributed by atoms with van der Waals surface area (Å²) in [5, 5.41) is 4.44. The minimum atomic E-state index is 1.00. The SMILES string of the molecule is CCN(CCCBr)Cc1nc(C)cs1. The molecule has 0 fully saturated rings. The fourth-order valence-electron chi connectivity index (χ4n) is 1.30. The number of alkyl halides is 1. The fraction of sp³-hybridized carbons (Fsp3) is 0.700. The van der Waals surface area contributed by atoms with Crippen LogP contribution in [0.4, 0.5) is 0 Å². The van der Waals surface area contributed by atoms with Crippen LogP contribution in [-0.4, -0.2) is 28.3 Å². The molecule has 0 saturated heterocycles. The Morgan fingerprint density at radius 3 is 2.86 bits per heavy atom. The van der Waals surface area contributed by atoms with E-state index in [1.54, 1.807) is 11.3 Å². The second-order valence-electron chi connectivity index (χ2n) is 3.29. The van der Waals surface area contributed by atoms with E-state index in [4.69, 9.17) is 0 Å². The number of thiazole rings is 1. The number of halogens is 1. The van der Waals surface area contributed by atoms with Gasteiger partial charge in [0.2, 0.25) is 0 Å². The molecular weight excluding hydrogens is 260 g/mol. The largest absolute Gasteiger partial charge is 0.297 e. The van der Waals surface area contributed by atoms with Crippen molar-refractivity contribution in [1.82, 2.24) is 9.88 Å². The lowest BCUT2D eigenvalue weighted by molar-refractivity contribution is 0.281. The Balaban J connectivity index is 2.40. The first-order chi connectivity index (χ1) is 6.76. The Bertz CT molecular complexity index is 262. The van der Waals surface area contributed by atoms with Crippen LogP contribution in [-0.2, 0) is 6.54 Å². The van der Waals surface area contributed by atoms with Crippen molar-refractivity contribution in [2.24, 2.45) is 0 Å². The zero-order chi connectivity index (χ0) is 10.4. The molecule has 4 heteroatoms. The van der Waals surface area contributed by atoms with Crippen molar-refractivity contribution in [3.05, 3.63) is 16.1 Å². The van der Waals surface area contributed by atoms with Crippen molar-refractivity contribution >= 4 is 27.3 Å². The van der Waals surface area contributed by atoms with E-state index in [1.165, 1.54) is 11.4 Å². The summed E-state index contributed by atoms with van der Waals surface area (Å²) in [6.07, 6.45) is 1.21. The van der Waals surface area contributed by atoms with Gasteiger partial charge in [0.05, 0.1) is 6.54 Å². The van der Waals surface area contributed by atoms with E-state index in [1.807, 2.05) is 0 Å². The topological polar surface area (TPSA) is 16.1 Å². The smallest absolute Gasteiger partial charge is 0.107 e. The highest BCUT2D eigenvalue weighted by Crippen LogP contribution is 2.11. The molecule has 1 rings (SSSR count). The van der Waals surface area contributed by atoms with E-state index in [9.17, 15) is 0 Å². The molecule has 80 valence electrons. The van der Waals surface area contributed by atoms with Gasteiger partial charge >= 0.3 is 0 Å². The van der Waals surface area contributed by atoms with Crippen molar-refractivity contribution in [2.45, 2.75) is 26.8 Å². The summed E-state index contributed by atoms with van der Waals surface area (Å²) in [7, 11) is 0.